The van der Waals surface area contributed by atoms with E-state index in [9.17, 15) is 9.59 Å². The van der Waals surface area contributed by atoms with E-state index < -0.39 is 0 Å². The molecule has 0 bridgehead atoms. The molecule has 2 aromatic rings. The Hall–Kier alpha value is -2.41. The lowest BCUT2D eigenvalue weighted by atomic mass is 10.2. The molecule has 1 heterocycles. The van der Waals surface area contributed by atoms with Crippen molar-refractivity contribution in [2.45, 2.75) is 6.92 Å². The largest absolute Gasteiger partial charge is 0.399 e. The SMILES string of the molecule is Cc1csc(NC(=O)CNC(=O)c2ccc(N)cc2)n1. The monoisotopic (exact) mass is 290 g/mol. The Morgan fingerprint density at radius 2 is 2.00 bits per heavy atom. The van der Waals surface area contributed by atoms with Crippen molar-refractivity contribution >= 4 is 34.0 Å². The third-order valence-corrected chi connectivity index (χ3v) is 3.32. The van der Waals surface area contributed by atoms with Crippen molar-refractivity contribution in [3.05, 3.63) is 40.9 Å². The van der Waals surface area contributed by atoms with E-state index in [1.165, 1.54) is 11.3 Å². The maximum Gasteiger partial charge on any atom is 0.251 e. The Kier molecular flexibility index (Phi) is 4.31. The van der Waals surface area contributed by atoms with Crippen LogP contribution in [0.3, 0.4) is 0 Å². The van der Waals surface area contributed by atoms with E-state index in [-0.39, 0.29) is 18.4 Å². The van der Waals surface area contributed by atoms with Gasteiger partial charge in [0, 0.05) is 16.6 Å². The summed E-state index contributed by atoms with van der Waals surface area (Å²) in [4.78, 5) is 27.5. The second-order valence-corrected chi connectivity index (χ2v) is 5.01. The summed E-state index contributed by atoms with van der Waals surface area (Å²) in [6, 6.07) is 6.47. The Bertz CT molecular complexity index is 622. The lowest BCUT2D eigenvalue weighted by Crippen LogP contribution is -2.32. The zero-order valence-corrected chi connectivity index (χ0v) is 11.7. The van der Waals surface area contributed by atoms with Gasteiger partial charge in [-0.2, -0.15) is 0 Å². The van der Waals surface area contributed by atoms with Gasteiger partial charge in [-0.25, -0.2) is 4.98 Å². The normalized spacial score (nSPS) is 10.1. The first-order chi connectivity index (χ1) is 9.54. The van der Waals surface area contributed by atoms with Crippen LogP contribution >= 0.6 is 11.3 Å². The van der Waals surface area contributed by atoms with Gasteiger partial charge in [0.15, 0.2) is 5.13 Å². The predicted molar refractivity (Wildman–Crippen MR) is 78.7 cm³/mol. The molecule has 0 saturated heterocycles. The quantitative estimate of drug-likeness (QED) is 0.741. The van der Waals surface area contributed by atoms with Gasteiger partial charge < -0.3 is 16.4 Å². The maximum absolute atomic E-state index is 11.8. The molecule has 2 amide bonds. The van der Waals surface area contributed by atoms with Crippen molar-refractivity contribution in [1.82, 2.24) is 10.3 Å². The van der Waals surface area contributed by atoms with Gasteiger partial charge in [0.05, 0.1) is 12.2 Å². The molecule has 4 N–H and O–H groups in total. The first kappa shape index (κ1) is 14.0. The third kappa shape index (κ3) is 3.79. The molecular formula is C13H14N4O2S. The number of nitrogens with zero attached hydrogens (tertiary/aromatic N) is 1. The van der Waals surface area contributed by atoms with Crippen LogP contribution in [0.25, 0.3) is 0 Å². The number of benzene rings is 1. The van der Waals surface area contributed by atoms with E-state index >= 15 is 0 Å². The summed E-state index contributed by atoms with van der Waals surface area (Å²) in [6.07, 6.45) is 0. The minimum absolute atomic E-state index is 0.109. The van der Waals surface area contributed by atoms with Crippen LogP contribution in [0.2, 0.25) is 0 Å². The molecule has 0 atom stereocenters. The summed E-state index contributed by atoms with van der Waals surface area (Å²) in [6.45, 7) is 1.73. The Morgan fingerprint density at radius 3 is 2.60 bits per heavy atom. The highest BCUT2D eigenvalue weighted by atomic mass is 32.1. The average molecular weight is 290 g/mol. The number of nitrogen functional groups attached to an aromatic ring is 1. The minimum atomic E-state index is -0.324. The van der Waals surface area contributed by atoms with Gasteiger partial charge in [0.1, 0.15) is 0 Å². The number of nitrogens with two attached hydrogens (primary N) is 1. The number of rotatable bonds is 4. The van der Waals surface area contributed by atoms with Crippen molar-refractivity contribution in [2.24, 2.45) is 0 Å². The zero-order chi connectivity index (χ0) is 14.5. The molecule has 0 fully saturated rings. The standard InChI is InChI=1S/C13H14N4O2S/c1-8-7-20-13(16-8)17-11(18)6-15-12(19)9-2-4-10(14)5-3-9/h2-5,7H,6,14H2,1H3,(H,15,19)(H,16,17,18). The first-order valence-corrected chi connectivity index (χ1v) is 6.78. The molecule has 0 aliphatic rings. The summed E-state index contributed by atoms with van der Waals surface area (Å²) >= 11 is 1.34. The molecule has 20 heavy (non-hydrogen) atoms. The molecule has 1 aromatic carbocycles. The highest BCUT2D eigenvalue weighted by molar-refractivity contribution is 7.13. The van der Waals surface area contributed by atoms with Crippen LogP contribution in [0.4, 0.5) is 10.8 Å². The molecule has 1 aromatic heterocycles. The van der Waals surface area contributed by atoms with Gasteiger partial charge in [-0.1, -0.05) is 0 Å². The molecule has 0 aliphatic carbocycles. The van der Waals surface area contributed by atoms with Gasteiger partial charge >= 0.3 is 0 Å². The fourth-order valence-electron chi connectivity index (χ4n) is 1.47. The number of thiazole rings is 1. The average Bonchev–Trinajstić information content (AvgIpc) is 2.82. The second-order valence-electron chi connectivity index (χ2n) is 4.15. The highest BCUT2D eigenvalue weighted by Crippen LogP contribution is 2.13. The number of hydrogen-bond donors (Lipinski definition) is 3. The number of hydrogen-bond acceptors (Lipinski definition) is 5. The van der Waals surface area contributed by atoms with E-state index in [4.69, 9.17) is 5.73 Å². The topological polar surface area (TPSA) is 97.1 Å². The lowest BCUT2D eigenvalue weighted by Gasteiger charge is -2.05. The van der Waals surface area contributed by atoms with Crippen molar-refractivity contribution in [3.8, 4) is 0 Å². The van der Waals surface area contributed by atoms with Crippen LogP contribution in [0.15, 0.2) is 29.6 Å². The molecule has 0 unspecified atom stereocenters. The second kappa shape index (κ2) is 6.16. The number of aryl methyl sites for hydroxylation is 1. The third-order valence-electron chi connectivity index (χ3n) is 2.45. The van der Waals surface area contributed by atoms with Crippen molar-refractivity contribution < 1.29 is 9.59 Å². The molecule has 104 valence electrons. The summed E-state index contributed by atoms with van der Waals surface area (Å²) in [5, 5.41) is 7.50. The maximum atomic E-state index is 11.8. The predicted octanol–water partition coefficient (Wildman–Crippen LogP) is 1.40. The Labute approximate surface area is 120 Å². The van der Waals surface area contributed by atoms with Gasteiger partial charge in [-0.3, -0.25) is 9.59 Å². The number of carbonyl (C=O) groups is 2. The molecule has 0 spiro atoms. The van der Waals surface area contributed by atoms with Crippen LogP contribution in [0.1, 0.15) is 16.1 Å². The van der Waals surface area contributed by atoms with Crippen LogP contribution in [-0.4, -0.2) is 23.3 Å². The van der Waals surface area contributed by atoms with E-state index in [0.29, 0.717) is 16.4 Å². The summed E-state index contributed by atoms with van der Waals surface area (Å²) in [7, 11) is 0. The van der Waals surface area contributed by atoms with Gasteiger partial charge in [0.25, 0.3) is 5.91 Å². The van der Waals surface area contributed by atoms with Gasteiger partial charge in [-0.05, 0) is 31.2 Å². The fourth-order valence-corrected chi connectivity index (χ4v) is 2.18. The number of nitrogens with one attached hydrogen (secondary N) is 2. The Morgan fingerprint density at radius 1 is 1.30 bits per heavy atom. The highest BCUT2D eigenvalue weighted by Gasteiger charge is 2.09. The van der Waals surface area contributed by atoms with Crippen LogP contribution in [0.5, 0.6) is 0 Å². The zero-order valence-electron chi connectivity index (χ0n) is 10.8. The number of amides is 2. The smallest absolute Gasteiger partial charge is 0.251 e. The summed E-state index contributed by atoms with van der Waals surface area (Å²) in [5.41, 5.74) is 7.42. The lowest BCUT2D eigenvalue weighted by molar-refractivity contribution is -0.115. The number of carbonyl (C=O) groups excluding carboxylic acids is 2. The molecule has 7 heteroatoms. The minimum Gasteiger partial charge on any atom is -0.399 e. The number of aromatic nitrogens is 1. The van der Waals surface area contributed by atoms with E-state index in [1.807, 2.05) is 12.3 Å². The molecule has 2 rings (SSSR count). The van der Waals surface area contributed by atoms with E-state index in [0.717, 1.165) is 5.69 Å². The Balaban J connectivity index is 1.84. The molecular weight excluding hydrogens is 276 g/mol. The van der Waals surface area contributed by atoms with Gasteiger partial charge in [-0.15, -0.1) is 11.3 Å². The van der Waals surface area contributed by atoms with E-state index in [1.54, 1.807) is 24.3 Å². The molecule has 0 radical (unpaired) electrons. The summed E-state index contributed by atoms with van der Waals surface area (Å²) < 4.78 is 0. The van der Waals surface area contributed by atoms with Crippen LogP contribution in [0, 0.1) is 6.92 Å². The van der Waals surface area contributed by atoms with Crippen molar-refractivity contribution in [3.63, 3.8) is 0 Å². The molecule has 6 nitrogen and oxygen atoms in total. The van der Waals surface area contributed by atoms with Crippen molar-refractivity contribution in [2.75, 3.05) is 17.6 Å². The van der Waals surface area contributed by atoms with Crippen molar-refractivity contribution in [1.29, 1.82) is 0 Å². The fraction of sp³-hybridized carbons (Fsp3) is 0.154. The van der Waals surface area contributed by atoms with Gasteiger partial charge in [0.2, 0.25) is 5.91 Å². The number of anilines is 2. The van der Waals surface area contributed by atoms with Crippen LogP contribution in [-0.2, 0) is 4.79 Å². The summed E-state index contributed by atoms with van der Waals surface area (Å²) in [5.74, 6) is -0.640. The molecule has 0 aliphatic heterocycles. The molecule has 0 saturated carbocycles. The first-order valence-electron chi connectivity index (χ1n) is 5.90. The van der Waals surface area contributed by atoms with E-state index in [2.05, 4.69) is 15.6 Å². The van der Waals surface area contributed by atoms with Crippen LogP contribution < -0.4 is 16.4 Å².